The van der Waals surface area contributed by atoms with E-state index in [4.69, 9.17) is 9.47 Å². The van der Waals surface area contributed by atoms with Gasteiger partial charge in [-0.3, -0.25) is 9.69 Å². The molecule has 0 bridgehead atoms. The molecule has 3 heterocycles. The van der Waals surface area contributed by atoms with Crippen LogP contribution in [0.4, 0.5) is 10.5 Å². The molecule has 2 fully saturated rings. The second-order valence-corrected chi connectivity index (χ2v) is 7.88. The Morgan fingerprint density at radius 3 is 2.89 bits per heavy atom. The van der Waals surface area contributed by atoms with Crippen LogP contribution in [0.1, 0.15) is 44.6 Å². The van der Waals surface area contributed by atoms with Gasteiger partial charge in [0.25, 0.3) is 0 Å². The Labute approximate surface area is 165 Å². The molecule has 1 aromatic heterocycles. The Morgan fingerprint density at radius 2 is 2.18 bits per heavy atom. The number of alkyl carbamates (subject to hydrolysis) is 1. The fraction of sp³-hybridized carbons (Fsp3) is 0.650. The van der Waals surface area contributed by atoms with Crippen molar-refractivity contribution in [2.45, 2.75) is 56.5 Å². The number of likely N-dealkylation sites (tertiary alicyclic amines) is 1. The van der Waals surface area contributed by atoms with Crippen molar-refractivity contribution in [3.8, 4) is 5.88 Å². The number of rotatable bonds is 4. The summed E-state index contributed by atoms with van der Waals surface area (Å²) in [7, 11) is 1.59. The first kappa shape index (κ1) is 19.0. The molecule has 152 valence electrons. The van der Waals surface area contributed by atoms with E-state index < -0.39 is 5.41 Å². The topological polar surface area (TPSA) is 92.8 Å². The standard InChI is InChI=1S/C20H28N4O4/c1-3-28-19(26)22-13-6-9-24(12-13)14-4-7-20(8-5-14)15-10-17(27-2)21-11-16(15)23-18(20)25/h10-11,13-14H,3-9,12H2,1-2H3,(H,22,26)(H,23,25)/t13-,14?,20?/m0/s1. The summed E-state index contributed by atoms with van der Waals surface area (Å²) in [5, 5.41) is 5.94. The molecule has 2 N–H and O–H groups in total. The van der Waals surface area contributed by atoms with Gasteiger partial charge in [0.15, 0.2) is 0 Å². The Kier molecular flexibility index (Phi) is 5.14. The average molecular weight is 388 g/mol. The van der Waals surface area contributed by atoms with Crippen molar-refractivity contribution in [1.82, 2.24) is 15.2 Å². The van der Waals surface area contributed by atoms with Gasteiger partial charge in [-0.25, -0.2) is 9.78 Å². The SMILES string of the molecule is CCOC(=O)N[C@H]1CCN(C2CCC3(CC2)C(=O)Nc2cnc(OC)cc23)C1. The van der Waals surface area contributed by atoms with Gasteiger partial charge in [0, 0.05) is 31.2 Å². The number of carbonyl (C=O) groups is 2. The second-order valence-electron chi connectivity index (χ2n) is 7.88. The Hall–Kier alpha value is -2.35. The van der Waals surface area contributed by atoms with Crippen molar-refractivity contribution in [3.63, 3.8) is 0 Å². The second kappa shape index (κ2) is 7.58. The molecule has 1 aliphatic carbocycles. The van der Waals surface area contributed by atoms with Crippen molar-refractivity contribution in [2.24, 2.45) is 0 Å². The van der Waals surface area contributed by atoms with E-state index in [0.29, 0.717) is 18.5 Å². The molecule has 8 nitrogen and oxygen atoms in total. The highest BCUT2D eigenvalue weighted by Gasteiger charge is 2.50. The van der Waals surface area contributed by atoms with Crippen LogP contribution in [0.15, 0.2) is 12.3 Å². The van der Waals surface area contributed by atoms with Gasteiger partial charge in [-0.05, 0) is 44.6 Å². The van der Waals surface area contributed by atoms with Gasteiger partial charge in [-0.2, -0.15) is 0 Å². The molecule has 1 spiro atoms. The van der Waals surface area contributed by atoms with Gasteiger partial charge in [0.05, 0.1) is 31.0 Å². The lowest BCUT2D eigenvalue weighted by atomic mass is 9.69. The maximum absolute atomic E-state index is 12.8. The van der Waals surface area contributed by atoms with Gasteiger partial charge in [0.1, 0.15) is 0 Å². The highest BCUT2D eigenvalue weighted by atomic mass is 16.5. The first-order valence-corrected chi connectivity index (χ1v) is 10.1. The third kappa shape index (κ3) is 3.30. The lowest BCUT2D eigenvalue weighted by molar-refractivity contribution is -0.122. The van der Waals surface area contributed by atoms with Crippen LogP contribution < -0.4 is 15.4 Å². The van der Waals surface area contributed by atoms with Gasteiger partial charge in [-0.1, -0.05) is 0 Å². The largest absolute Gasteiger partial charge is 0.481 e. The molecule has 1 saturated carbocycles. The number of hydrogen-bond acceptors (Lipinski definition) is 6. The summed E-state index contributed by atoms with van der Waals surface area (Å²) in [6, 6.07) is 2.49. The van der Waals surface area contributed by atoms with E-state index in [1.54, 1.807) is 20.2 Å². The average Bonchev–Trinajstić information content (AvgIpc) is 3.26. The number of nitrogens with one attached hydrogen (secondary N) is 2. The first-order chi connectivity index (χ1) is 13.6. The maximum atomic E-state index is 12.8. The number of pyridine rings is 1. The summed E-state index contributed by atoms with van der Waals surface area (Å²) < 4.78 is 10.3. The molecule has 0 aromatic carbocycles. The van der Waals surface area contributed by atoms with E-state index >= 15 is 0 Å². The van der Waals surface area contributed by atoms with Gasteiger partial charge >= 0.3 is 6.09 Å². The Bertz CT molecular complexity index is 761. The lowest BCUT2D eigenvalue weighted by Crippen LogP contribution is -2.45. The van der Waals surface area contributed by atoms with Crippen molar-refractivity contribution in [1.29, 1.82) is 0 Å². The van der Waals surface area contributed by atoms with Gasteiger partial charge in [-0.15, -0.1) is 0 Å². The number of anilines is 1. The highest BCUT2D eigenvalue weighted by Crippen LogP contribution is 2.48. The third-order valence-corrected chi connectivity index (χ3v) is 6.43. The smallest absolute Gasteiger partial charge is 0.407 e. The summed E-state index contributed by atoms with van der Waals surface area (Å²) in [5.41, 5.74) is 1.36. The molecule has 2 aliphatic heterocycles. The zero-order valence-corrected chi connectivity index (χ0v) is 16.5. The van der Waals surface area contributed by atoms with E-state index in [9.17, 15) is 9.59 Å². The summed E-state index contributed by atoms with van der Waals surface area (Å²) in [5.74, 6) is 0.628. The molecule has 1 atom stereocenters. The molecule has 8 heteroatoms. The minimum Gasteiger partial charge on any atom is -0.481 e. The van der Waals surface area contributed by atoms with Crippen LogP contribution in [0.5, 0.6) is 5.88 Å². The highest BCUT2D eigenvalue weighted by molar-refractivity contribution is 6.06. The van der Waals surface area contributed by atoms with Gasteiger partial charge in [0.2, 0.25) is 11.8 Å². The van der Waals surface area contributed by atoms with E-state index in [-0.39, 0.29) is 18.0 Å². The number of hydrogen-bond donors (Lipinski definition) is 2. The molecule has 0 radical (unpaired) electrons. The van der Waals surface area contributed by atoms with Crippen LogP contribution in [0.3, 0.4) is 0 Å². The molecule has 2 amide bonds. The Morgan fingerprint density at radius 1 is 1.39 bits per heavy atom. The van der Waals surface area contributed by atoms with Crippen LogP contribution in [-0.2, 0) is 14.9 Å². The van der Waals surface area contributed by atoms with E-state index in [2.05, 4.69) is 20.5 Å². The number of aromatic nitrogens is 1. The number of nitrogens with zero attached hydrogens (tertiary/aromatic N) is 2. The number of ether oxygens (including phenoxy) is 2. The zero-order chi connectivity index (χ0) is 19.7. The summed E-state index contributed by atoms with van der Waals surface area (Å²) in [4.78, 5) is 31.1. The fourth-order valence-corrected chi connectivity index (χ4v) is 4.94. The molecule has 0 unspecified atom stereocenters. The number of fused-ring (bicyclic) bond motifs is 2. The quantitative estimate of drug-likeness (QED) is 0.820. The Balaban J connectivity index is 1.39. The molecule has 1 saturated heterocycles. The molecule has 1 aromatic rings. The van der Waals surface area contributed by atoms with Crippen LogP contribution in [0.25, 0.3) is 0 Å². The summed E-state index contributed by atoms with van der Waals surface area (Å²) in [6.45, 7) is 4.00. The normalized spacial score (nSPS) is 29.4. The summed E-state index contributed by atoms with van der Waals surface area (Å²) in [6.07, 6.45) is 5.85. The van der Waals surface area contributed by atoms with Crippen molar-refractivity contribution < 1.29 is 19.1 Å². The number of amides is 2. The van der Waals surface area contributed by atoms with E-state index in [1.807, 2.05) is 6.07 Å². The number of methoxy groups -OCH3 is 1. The zero-order valence-electron chi connectivity index (χ0n) is 16.5. The molecular weight excluding hydrogens is 360 g/mol. The minimum atomic E-state index is -0.468. The van der Waals surface area contributed by atoms with Crippen molar-refractivity contribution in [3.05, 3.63) is 17.8 Å². The molecule has 28 heavy (non-hydrogen) atoms. The molecule has 4 rings (SSSR count). The first-order valence-electron chi connectivity index (χ1n) is 10.1. The van der Waals surface area contributed by atoms with Crippen molar-refractivity contribution >= 4 is 17.7 Å². The maximum Gasteiger partial charge on any atom is 0.407 e. The minimum absolute atomic E-state index is 0.0827. The fourth-order valence-electron chi connectivity index (χ4n) is 4.94. The van der Waals surface area contributed by atoms with Crippen LogP contribution in [0, 0.1) is 0 Å². The van der Waals surface area contributed by atoms with E-state index in [0.717, 1.165) is 56.4 Å². The van der Waals surface area contributed by atoms with Crippen molar-refractivity contribution in [2.75, 3.05) is 32.1 Å². The molecule has 3 aliphatic rings. The van der Waals surface area contributed by atoms with Gasteiger partial charge < -0.3 is 20.1 Å². The predicted octanol–water partition coefficient (Wildman–Crippen LogP) is 2.04. The number of carbonyl (C=O) groups excluding carboxylic acids is 2. The van der Waals surface area contributed by atoms with Crippen LogP contribution >= 0.6 is 0 Å². The summed E-state index contributed by atoms with van der Waals surface area (Å²) >= 11 is 0. The monoisotopic (exact) mass is 388 g/mol. The lowest BCUT2D eigenvalue weighted by Gasteiger charge is -2.39. The van der Waals surface area contributed by atoms with Crippen LogP contribution in [0.2, 0.25) is 0 Å². The predicted molar refractivity (Wildman–Crippen MR) is 103 cm³/mol. The molecular formula is C20H28N4O4. The van der Waals surface area contributed by atoms with Crippen LogP contribution in [-0.4, -0.2) is 60.8 Å². The third-order valence-electron chi connectivity index (χ3n) is 6.43. The van der Waals surface area contributed by atoms with E-state index in [1.165, 1.54) is 0 Å².